The van der Waals surface area contributed by atoms with Crippen molar-refractivity contribution in [2.75, 3.05) is 13.1 Å². The summed E-state index contributed by atoms with van der Waals surface area (Å²) in [6, 6.07) is 3.04. The minimum atomic E-state index is -1.13. The van der Waals surface area contributed by atoms with Crippen LogP contribution in [0.4, 0.5) is 0 Å². The molecule has 1 aliphatic heterocycles. The van der Waals surface area contributed by atoms with Gasteiger partial charge in [-0.2, -0.15) is 0 Å². The van der Waals surface area contributed by atoms with Crippen LogP contribution in [0.3, 0.4) is 0 Å². The number of carboxylic acids is 1. The Morgan fingerprint density at radius 2 is 2.14 bits per heavy atom. The molecule has 1 fully saturated rings. The van der Waals surface area contributed by atoms with Gasteiger partial charge in [-0.25, -0.2) is 14.5 Å². The summed E-state index contributed by atoms with van der Waals surface area (Å²) in [6.07, 6.45) is 2.83. The van der Waals surface area contributed by atoms with Gasteiger partial charge in [0.05, 0.1) is 12.2 Å². The number of aromatic carboxylic acids is 1. The van der Waals surface area contributed by atoms with E-state index in [-0.39, 0.29) is 22.8 Å². The Bertz CT molecular complexity index is 710. The van der Waals surface area contributed by atoms with Crippen LogP contribution in [-0.4, -0.2) is 55.0 Å². The van der Waals surface area contributed by atoms with Crippen molar-refractivity contribution in [3.05, 3.63) is 40.9 Å². The van der Waals surface area contributed by atoms with Gasteiger partial charge in [0.2, 0.25) is 0 Å². The lowest BCUT2D eigenvalue weighted by molar-refractivity contribution is 0.0497. The van der Waals surface area contributed by atoms with Crippen molar-refractivity contribution in [1.29, 1.82) is 0 Å². The molecule has 2 aromatic heterocycles. The molecule has 108 valence electrons. The van der Waals surface area contributed by atoms with E-state index in [1.165, 1.54) is 23.1 Å². The first-order valence-electron chi connectivity index (χ1n) is 6.10. The zero-order valence-corrected chi connectivity index (χ0v) is 11.4. The Hall–Kier alpha value is -2.48. The second-order valence-corrected chi connectivity index (χ2v) is 5.01. The number of rotatable bonds is 3. The summed E-state index contributed by atoms with van der Waals surface area (Å²) in [7, 11) is 0. The van der Waals surface area contributed by atoms with Crippen LogP contribution in [-0.2, 0) is 0 Å². The van der Waals surface area contributed by atoms with Crippen LogP contribution < -0.4 is 0 Å². The van der Waals surface area contributed by atoms with Gasteiger partial charge >= 0.3 is 5.97 Å². The van der Waals surface area contributed by atoms with Crippen LogP contribution in [0, 0.1) is 0 Å². The van der Waals surface area contributed by atoms with E-state index < -0.39 is 5.97 Å². The van der Waals surface area contributed by atoms with E-state index in [0.29, 0.717) is 18.7 Å². The van der Waals surface area contributed by atoms with Gasteiger partial charge in [-0.15, -0.1) is 5.10 Å². The maximum Gasteiger partial charge on any atom is 0.358 e. The number of pyridine rings is 1. The molecule has 3 rings (SSSR count). The highest BCUT2D eigenvalue weighted by Crippen LogP contribution is 2.23. The molecule has 1 N–H and O–H groups in total. The topological polar surface area (TPSA) is 101 Å². The highest BCUT2D eigenvalue weighted by molar-refractivity contribution is 6.29. The van der Waals surface area contributed by atoms with E-state index in [1.807, 2.05) is 0 Å². The molecule has 3 heterocycles. The molecule has 0 atom stereocenters. The van der Waals surface area contributed by atoms with Gasteiger partial charge in [-0.3, -0.25) is 4.79 Å². The summed E-state index contributed by atoms with van der Waals surface area (Å²) in [6.45, 7) is 0.891. The molecule has 0 radical (unpaired) electrons. The van der Waals surface area contributed by atoms with Gasteiger partial charge < -0.3 is 10.0 Å². The number of aromatic nitrogens is 4. The van der Waals surface area contributed by atoms with Crippen LogP contribution >= 0.6 is 11.6 Å². The summed E-state index contributed by atoms with van der Waals surface area (Å²) in [5.41, 5.74) is 0.360. The quantitative estimate of drug-likeness (QED) is 0.839. The highest BCUT2D eigenvalue weighted by Gasteiger charge is 2.33. The number of carbonyl (C=O) groups is 2. The summed E-state index contributed by atoms with van der Waals surface area (Å²) >= 11 is 5.75. The second-order valence-electron chi connectivity index (χ2n) is 4.62. The van der Waals surface area contributed by atoms with Crippen LogP contribution in [0.5, 0.6) is 0 Å². The highest BCUT2D eigenvalue weighted by atomic mass is 35.5. The van der Waals surface area contributed by atoms with Crippen molar-refractivity contribution in [1.82, 2.24) is 24.9 Å². The van der Waals surface area contributed by atoms with Gasteiger partial charge in [0, 0.05) is 24.8 Å². The molecule has 1 amide bonds. The van der Waals surface area contributed by atoms with Gasteiger partial charge in [0.1, 0.15) is 5.15 Å². The Kier molecular flexibility index (Phi) is 3.30. The lowest BCUT2D eigenvalue weighted by atomic mass is 10.1. The molecule has 0 bridgehead atoms. The van der Waals surface area contributed by atoms with Crippen molar-refractivity contribution in [3.63, 3.8) is 0 Å². The average molecular weight is 308 g/mol. The molecule has 0 unspecified atom stereocenters. The SMILES string of the molecule is O=C(O)c1cn(C2CN(C(=O)c3ccnc(Cl)c3)C2)nn1. The number of hydrogen-bond donors (Lipinski definition) is 1. The lowest BCUT2D eigenvalue weighted by Gasteiger charge is -2.38. The Balaban J connectivity index is 1.65. The normalized spacial score (nSPS) is 14.8. The predicted molar refractivity (Wildman–Crippen MR) is 71.2 cm³/mol. The molecule has 9 heteroatoms. The number of hydrogen-bond acceptors (Lipinski definition) is 5. The third kappa shape index (κ3) is 2.57. The number of halogens is 1. The molecular formula is C12H10ClN5O3. The third-order valence-corrected chi connectivity index (χ3v) is 3.43. The lowest BCUT2D eigenvalue weighted by Crippen LogP contribution is -2.50. The molecule has 1 aliphatic rings. The fourth-order valence-corrected chi connectivity index (χ4v) is 2.23. The number of carboxylic acid groups (broad SMARTS) is 1. The molecule has 0 spiro atoms. The summed E-state index contributed by atoms with van der Waals surface area (Å²) in [5.74, 6) is -1.27. The van der Waals surface area contributed by atoms with Crippen molar-refractivity contribution >= 4 is 23.5 Å². The van der Waals surface area contributed by atoms with Crippen LogP contribution in [0.15, 0.2) is 24.5 Å². The fourth-order valence-electron chi connectivity index (χ4n) is 2.06. The van der Waals surface area contributed by atoms with Crippen LogP contribution in [0.1, 0.15) is 26.9 Å². The molecule has 0 aromatic carbocycles. The first-order chi connectivity index (χ1) is 10.0. The number of carbonyl (C=O) groups excluding carboxylic acids is 1. The standard InChI is InChI=1S/C12H10ClN5O3/c13-10-3-7(1-2-14-10)11(19)17-4-8(5-17)18-6-9(12(20)21)15-16-18/h1-3,6,8H,4-5H2,(H,20,21). The van der Waals surface area contributed by atoms with Gasteiger partial charge in [-0.05, 0) is 12.1 Å². The van der Waals surface area contributed by atoms with Crippen LogP contribution in [0.2, 0.25) is 5.15 Å². The maximum atomic E-state index is 12.2. The largest absolute Gasteiger partial charge is 0.476 e. The number of amides is 1. The van der Waals surface area contributed by atoms with E-state index >= 15 is 0 Å². The fraction of sp³-hybridized carbons (Fsp3) is 0.250. The minimum Gasteiger partial charge on any atom is -0.476 e. The van der Waals surface area contributed by atoms with E-state index in [0.717, 1.165) is 0 Å². The number of likely N-dealkylation sites (tertiary alicyclic amines) is 1. The van der Waals surface area contributed by atoms with E-state index in [2.05, 4.69) is 15.3 Å². The first kappa shape index (κ1) is 13.5. The number of nitrogens with zero attached hydrogens (tertiary/aromatic N) is 5. The molecular weight excluding hydrogens is 298 g/mol. The summed E-state index contributed by atoms with van der Waals surface area (Å²) in [5, 5.41) is 16.4. The molecule has 0 aliphatic carbocycles. The first-order valence-corrected chi connectivity index (χ1v) is 6.48. The molecule has 8 nitrogen and oxygen atoms in total. The summed E-state index contributed by atoms with van der Waals surface area (Å²) in [4.78, 5) is 28.4. The monoisotopic (exact) mass is 307 g/mol. The van der Waals surface area contributed by atoms with E-state index in [1.54, 1.807) is 11.0 Å². The molecule has 1 saturated heterocycles. The van der Waals surface area contributed by atoms with E-state index in [4.69, 9.17) is 16.7 Å². The van der Waals surface area contributed by atoms with Gasteiger partial charge in [0.25, 0.3) is 5.91 Å². The van der Waals surface area contributed by atoms with Crippen LogP contribution in [0.25, 0.3) is 0 Å². The summed E-state index contributed by atoms with van der Waals surface area (Å²) < 4.78 is 1.47. The van der Waals surface area contributed by atoms with Gasteiger partial charge in [0.15, 0.2) is 5.69 Å². The van der Waals surface area contributed by atoms with E-state index in [9.17, 15) is 9.59 Å². The smallest absolute Gasteiger partial charge is 0.358 e. The van der Waals surface area contributed by atoms with Gasteiger partial charge in [-0.1, -0.05) is 16.8 Å². The maximum absolute atomic E-state index is 12.2. The van der Waals surface area contributed by atoms with Crippen molar-refractivity contribution in [2.24, 2.45) is 0 Å². The molecule has 0 saturated carbocycles. The Morgan fingerprint density at radius 3 is 2.76 bits per heavy atom. The zero-order valence-electron chi connectivity index (χ0n) is 10.7. The third-order valence-electron chi connectivity index (χ3n) is 3.23. The molecule has 2 aromatic rings. The second kappa shape index (κ2) is 5.13. The Labute approximate surface area is 124 Å². The van der Waals surface area contributed by atoms with Crippen molar-refractivity contribution in [2.45, 2.75) is 6.04 Å². The molecule has 21 heavy (non-hydrogen) atoms. The Morgan fingerprint density at radius 1 is 1.38 bits per heavy atom. The zero-order chi connectivity index (χ0) is 15.0. The average Bonchev–Trinajstić information content (AvgIpc) is 2.86. The minimum absolute atomic E-state index is 0.0631. The predicted octanol–water partition coefficient (Wildman–Crippen LogP) is 0.722. The van der Waals surface area contributed by atoms with Crippen molar-refractivity contribution < 1.29 is 14.7 Å². The van der Waals surface area contributed by atoms with Crippen molar-refractivity contribution in [3.8, 4) is 0 Å².